The zero-order valence-electron chi connectivity index (χ0n) is 8.93. The second kappa shape index (κ2) is 11.7. The van der Waals surface area contributed by atoms with Gasteiger partial charge >= 0.3 is 0 Å². The molecule has 0 saturated carbocycles. The normalized spacial score (nSPS) is 7.50. The first-order chi connectivity index (χ1) is 6.79. The molecule has 0 bridgehead atoms. The first-order valence-corrected chi connectivity index (χ1v) is 4.23. The van der Waals surface area contributed by atoms with Crippen molar-refractivity contribution in [2.45, 2.75) is 0 Å². The summed E-state index contributed by atoms with van der Waals surface area (Å²) in [5.74, 6) is 0. The van der Waals surface area contributed by atoms with Gasteiger partial charge in [0.15, 0.2) is 0 Å². The van der Waals surface area contributed by atoms with E-state index in [0.29, 0.717) is 11.4 Å². The summed E-state index contributed by atoms with van der Waals surface area (Å²) in [5.41, 5.74) is 12.0. The maximum atomic E-state index is 5.30. The van der Waals surface area contributed by atoms with E-state index in [-0.39, 0.29) is 65.4 Å². The number of para-hydroxylation sites is 2. The van der Waals surface area contributed by atoms with Gasteiger partial charge in [-0.3, -0.25) is 0 Å². The molecule has 0 amide bonds. The van der Waals surface area contributed by atoms with Crippen LogP contribution in [-0.4, -0.2) is 0 Å². The van der Waals surface area contributed by atoms with Crippen molar-refractivity contribution in [1.29, 1.82) is 0 Å². The fourth-order valence-corrected chi connectivity index (χ4v) is 0.814. The molecule has 2 nitrogen and oxygen atoms in total. The van der Waals surface area contributed by atoms with Gasteiger partial charge in [-0.05, 0) is 0 Å². The van der Waals surface area contributed by atoms with Crippen molar-refractivity contribution < 1.29 is 65.4 Å². The predicted molar refractivity (Wildman–Crippen MR) is 59.4 cm³/mol. The molecule has 0 unspecified atom stereocenters. The van der Waals surface area contributed by atoms with Crippen molar-refractivity contribution >= 4 is 11.4 Å². The summed E-state index contributed by atoms with van der Waals surface area (Å²) in [7, 11) is 0. The van der Waals surface area contributed by atoms with Gasteiger partial charge in [-0.2, -0.15) is 48.5 Å². The first-order valence-electron chi connectivity index (χ1n) is 4.23. The summed E-state index contributed by atoms with van der Waals surface area (Å²) < 4.78 is 0. The summed E-state index contributed by atoms with van der Waals surface area (Å²) in [6.45, 7) is 0. The Hall–Kier alpha value is 0.248. The fourth-order valence-electron chi connectivity index (χ4n) is 0.814. The van der Waals surface area contributed by atoms with Gasteiger partial charge in [0.05, 0.1) is 0 Å². The molecule has 0 aliphatic heterocycles. The number of hydrogen-bond donors (Lipinski definition) is 2. The van der Waals surface area contributed by atoms with E-state index in [9.17, 15) is 0 Å². The van der Waals surface area contributed by atoms with Gasteiger partial charge in [0.2, 0.25) is 0 Å². The molecule has 0 aliphatic rings. The molecular weight excluding hydrogens is 350 g/mol. The van der Waals surface area contributed by atoms with Crippen LogP contribution < -0.4 is 11.5 Å². The Labute approximate surface area is 147 Å². The average molecular weight is 362 g/mol. The minimum absolute atomic E-state index is 0. The molecule has 0 atom stereocenters. The molecular formula is C12H12N2Y2-2. The second-order valence-electron chi connectivity index (χ2n) is 2.64. The van der Waals surface area contributed by atoms with E-state index in [1.54, 1.807) is 24.3 Å². The minimum Gasteiger partial charge on any atom is -0.420 e. The molecule has 0 aromatic heterocycles. The van der Waals surface area contributed by atoms with Crippen molar-refractivity contribution in [3.05, 3.63) is 60.7 Å². The van der Waals surface area contributed by atoms with Crippen LogP contribution in [0, 0.1) is 12.1 Å². The van der Waals surface area contributed by atoms with Crippen molar-refractivity contribution in [3.63, 3.8) is 0 Å². The average Bonchev–Trinajstić information content (AvgIpc) is 2.21. The molecule has 0 spiro atoms. The number of benzene rings is 2. The van der Waals surface area contributed by atoms with Gasteiger partial charge in [0.1, 0.15) is 0 Å². The summed E-state index contributed by atoms with van der Waals surface area (Å²) >= 11 is 0. The minimum atomic E-state index is 0. The van der Waals surface area contributed by atoms with E-state index in [2.05, 4.69) is 12.1 Å². The largest absolute Gasteiger partial charge is 0.420 e. The van der Waals surface area contributed by atoms with Crippen LogP contribution in [0.2, 0.25) is 0 Å². The Balaban J connectivity index is 0. The van der Waals surface area contributed by atoms with Crippen LogP contribution in [0.3, 0.4) is 0 Å². The summed E-state index contributed by atoms with van der Waals surface area (Å²) in [6.07, 6.45) is 0. The van der Waals surface area contributed by atoms with Gasteiger partial charge in [-0.15, -0.1) is 12.1 Å². The van der Waals surface area contributed by atoms with Crippen LogP contribution in [0.25, 0.3) is 0 Å². The molecule has 0 fully saturated rings. The van der Waals surface area contributed by atoms with Crippen LogP contribution in [0.4, 0.5) is 11.4 Å². The molecule has 4 N–H and O–H groups in total. The molecule has 2 radical (unpaired) electrons. The second-order valence-corrected chi connectivity index (χ2v) is 2.64. The standard InChI is InChI=1S/2C6H6N.2Y/c2*7-6-4-2-1-3-5-6;;/h2*1-4H,7H2;;/q2*-1;;. The predicted octanol–water partition coefficient (Wildman–Crippen LogP) is 2.13. The molecule has 0 aliphatic carbocycles. The summed E-state index contributed by atoms with van der Waals surface area (Å²) in [4.78, 5) is 0. The van der Waals surface area contributed by atoms with E-state index in [1.807, 2.05) is 24.3 Å². The molecule has 2 aromatic carbocycles. The maximum Gasteiger partial charge on any atom is 0 e. The number of nitrogen functional groups attached to an aromatic ring is 2. The Bertz CT molecular complexity index is 314. The third-order valence-electron chi connectivity index (χ3n) is 1.47. The molecule has 16 heavy (non-hydrogen) atoms. The third-order valence-corrected chi connectivity index (χ3v) is 1.47. The van der Waals surface area contributed by atoms with Crippen molar-refractivity contribution in [2.24, 2.45) is 0 Å². The third kappa shape index (κ3) is 9.47. The van der Waals surface area contributed by atoms with Crippen molar-refractivity contribution in [3.8, 4) is 0 Å². The topological polar surface area (TPSA) is 52.0 Å². The zero-order valence-corrected chi connectivity index (χ0v) is 14.6. The Morgan fingerprint density at radius 3 is 1.19 bits per heavy atom. The fraction of sp³-hybridized carbons (Fsp3) is 0. The van der Waals surface area contributed by atoms with Crippen LogP contribution >= 0.6 is 0 Å². The summed E-state index contributed by atoms with van der Waals surface area (Å²) in [5, 5.41) is 0. The Morgan fingerprint density at radius 2 is 1.06 bits per heavy atom. The van der Waals surface area contributed by atoms with Gasteiger partial charge in [0.25, 0.3) is 0 Å². The van der Waals surface area contributed by atoms with Gasteiger partial charge in [-0.25, -0.2) is 0 Å². The van der Waals surface area contributed by atoms with Crippen molar-refractivity contribution in [2.75, 3.05) is 11.5 Å². The first kappa shape index (κ1) is 18.6. The number of nitrogens with two attached hydrogens (primary N) is 2. The number of anilines is 2. The molecule has 0 heterocycles. The van der Waals surface area contributed by atoms with E-state index in [0.717, 1.165) is 0 Å². The Morgan fingerprint density at radius 1 is 0.688 bits per heavy atom. The van der Waals surface area contributed by atoms with Crippen LogP contribution in [0.15, 0.2) is 48.5 Å². The van der Waals surface area contributed by atoms with E-state index in [1.165, 1.54) is 0 Å². The number of hydrogen-bond acceptors (Lipinski definition) is 2. The van der Waals surface area contributed by atoms with E-state index >= 15 is 0 Å². The van der Waals surface area contributed by atoms with E-state index < -0.39 is 0 Å². The molecule has 2 aromatic rings. The van der Waals surface area contributed by atoms with Crippen LogP contribution in [0.5, 0.6) is 0 Å². The Kier molecular flexibility index (Phi) is 13.6. The molecule has 4 heteroatoms. The molecule has 0 saturated heterocycles. The zero-order chi connectivity index (χ0) is 10.2. The maximum absolute atomic E-state index is 5.30. The van der Waals surface area contributed by atoms with Crippen LogP contribution in [0.1, 0.15) is 0 Å². The SMILES string of the molecule is Nc1[c-]cccc1.Nc1[c-]cccc1.[Y].[Y]. The number of rotatable bonds is 0. The quantitative estimate of drug-likeness (QED) is 0.558. The smallest absolute Gasteiger partial charge is 0 e. The molecule has 2 rings (SSSR count). The van der Waals surface area contributed by atoms with Crippen LogP contribution in [-0.2, 0) is 65.4 Å². The summed E-state index contributed by atoms with van der Waals surface area (Å²) in [6, 6.07) is 20.3. The van der Waals surface area contributed by atoms with Gasteiger partial charge in [0, 0.05) is 65.4 Å². The monoisotopic (exact) mass is 362 g/mol. The van der Waals surface area contributed by atoms with Gasteiger partial charge < -0.3 is 11.5 Å². The van der Waals surface area contributed by atoms with Crippen molar-refractivity contribution in [1.82, 2.24) is 0 Å². The van der Waals surface area contributed by atoms with E-state index in [4.69, 9.17) is 11.5 Å². The molecule has 78 valence electrons. The van der Waals surface area contributed by atoms with Gasteiger partial charge in [-0.1, -0.05) is 11.4 Å².